The Kier molecular flexibility index (Phi) is 5.67. The molecule has 0 aromatic heterocycles. The van der Waals surface area contributed by atoms with Crippen molar-refractivity contribution in [1.82, 2.24) is 4.90 Å². The molecule has 0 radical (unpaired) electrons. The van der Waals surface area contributed by atoms with E-state index in [4.69, 9.17) is 4.74 Å². The van der Waals surface area contributed by atoms with Crippen molar-refractivity contribution in [2.24, 2.45) is 0 Å². The van der Waals surface area contributed by atoms with Gasteiger partial charge >= 0.3 is 0 Å². The molecule has 2 aliphatic rings. The van der Waals surface area contributed by atoms with Crippen LogP contribution < -0.4 is 20.3 Å². The van der Waals surface area contributed by atoms with Crippen LogP contribution >= 0.6 is 0 Å². The Balaban J connectivity index is 1.19. The number of nitrogens with one attached hydrogen (secondary N) is 2. The summed E-state index contributed by atoms with van der Waals surface area (Å²) in [5.74, 6) is 1.03. The van der Waals surface area contributed by atoms with Gasteiger partial charge in [-0.1, -0.05) is 12.1 Å². The number of piperazine rings is 1. The summed E-state index contributed by atoms with van der Waals surface area (Å²) >= 11 is 0. The molecule has 0 bridgehead atoms. The fourth-order valence-electron chi connectivity index (χ4n) is 3.98. The maximum atomic E-state index is 11.4. The lowest BCUT2D eigenvalue weighted by Gasteiger charge is -2.36. The first-order valence-corrected chi connectivity index (χ1v) is 10.00. The quantitative estimate of drug-likeness (QED) is 0.724. The van der Waals surface area contributed by atoms with Crippen LogP contribution in [-0.4, -0.2) is 57.2 Å². The second-order valence-corrected chi connectivity index (χ2v) is 7.38. The van der Waals surface area contributed by atoms with Crippen LogP contribution in [0.15, 0.2) is 42.5 Å². The van der Waals surface area contributed by atoms with Crippen molar-refractivity contribution in [2.75, 3.05) is 61.9 Å². The Morgan fingerprint density at radius 2 is 1.93 bits per heavy atom. The van der Waals surface area contributed by atoms with Crippen molar-refractivity contribution >= 4 is 23.0 Å². The van der Waals surface area contributed by atoms with E-state index in [2.05, 4.69) is 38.6 Å². The standard InChI is InChI=1S/C22H28N4O2/c1-28-21-6-3-2-5-20(21)26-13-11-25(12-14-26)10-4-9-23-18-7-8-19-17(15-18)16-22(27)24-19/h2-3,5-8,15,23H,4,9-14,16H2,1H3,(H,24,27). The first kappa shape index (κ1) is 18.6. The number of benzene rings is 2. The lowest BCUT2D eigenvalue weighted by molar-refractivity contribution is -0.115. The average Bonchev–Trinajstić information content (AvgIpc) is 3.11. The summed E-state index contributed by atoms with van der Waals surface area (Å²) in [6.07, 6.45) is 1.59. The highest BCUT2D eigenvalue weighted by Gasteiger charge is 2.19. The third-order valence-electron chi connectivity index (χ3n) is 5.51. The molecule has 6 heteroatoms. The molecule has 1 saturated heterocycles. The molecule has 2 aromatic carbocycles. The minimum absolute atomic E-state index is 0.0828. The minimum Gasteiger partial charge on any atom is -0.495 e. The molecule has 6 nitrogen and oxygen atoms in total. The smallest absolute Gasteiger partial charge is 0.228 e. The Labute approximate surface area is 166 Å². The lowest BCUT2D eigenvalue weighted by Crippen LogP contribution is -2.46. The first-order valence-electron chi connectivity index (χ1n) is 10.00. The van der Waals surface area contributed by atoms with Crippen LogP contribution in [0.4, 0.5) is 17.1 Å². The molecular weight excluding hydrogens is 352 g/mol. The Hall–Kier alpha value is -2.73. The number of nitrogens with zero attached hydrogens (tertiary/aromatic N) is 2. The molecule has 148 valence electrons. The summed E-state index contributed by atoms with van der Waals surface area (Å²) in [4.78, 5) is 16.4. The number of amides is 1. The average molecular weight is 380 g/mol. The summed E-state index contributed by atoms with van der Waals surface area (Å²) in [5.41, 5.74) is 4.32. The van der Waals surface area contributed by atoms with Gasteiger partial charge in [-0.15, -0.1) is 0 Å². The van der Waals surface area contributed by atoms with Gasteiger partial charge in [-0.05, 0) is 48.9 Å². The van der Waals surface area contributed by atoms with Crippen molar-refractivity contribution in [1.29, 1.82) is 0 Å². The number of ether oxygens (including phenoxy) is 1. The first-order chi connectivity index (χ1) is 13.7. The molecule has 1 fully saturated rings. The number of carbonyl (C=O) groups is 1. The SMILES string of the molecule is COc1ccccc1N1CCN(CCCNc2ccc3c(c2)CC(=O)N3)CC1. The maximum Gasteiger partial charge on any atom is 0.228 e. The van der Waals surface area contributed by atoms with E-state index in [0.717, 1.165) is 68.4 Å². The summed E-state index contributed by atoms with van der Waals surface area (Å²) in [6, 6.07) is 14.4. The van der Waals surface area contributed by atoms with Crippen LogP contribution in [0.1, 0.15) is 12.0 Å². The number of methoxy groups -OCH3 is 1. The van der Waals surface area contributed by atoms with Gasteiger partial charge < -0.3 is 20.3 Å². The van der Waals surface area contributed by atoms with Gasteiger partial charge in [-0.2, -0.15) is 0 Å². The van der Waals surface area contributed by atoms with Gasteiger partial charge in [0.05, 0.1) is 19.2 Å². The minimum atomic E-state index is 0.0828. The summed E-state index contributed by atoms with van der Waals surface area (Å²) in [5, 5.41) is 6.36. The van der Waals surface area contributed by atoms with Crippen LogP contribution in [-0.2, 0) is 11.2 Å². The predicted octanol–water partition coefficient (Wildman–Crippen LogP) is 2.81. The molecule has 0 atom stereocenters. The van der Waals surface area contributed by atoms with Gasteiger partial charge in [0.2, 0.25) is 5.91 Å². The molecule has 1 amide bonds. The maximum absolute atomic E-state index is 11.4. The molecule has 0 saturated carbocycles. The second-order valence-electron chi connectivity index (χ2n) is 7.38. The van der Waals surface area contributed by atoms with Gasteiger partial charge in [0.15, 0.2) is 0 Å². The molecular formula is C22H28N4O2. The van der Waals surface area contributed by atoms with Crippen LogP contribution in [0.3, 0.4) is 0 Å². The Morgan fingerprint density at radius 3 is 2.75 bits per heavy atom. The molecule has 0 aliphatic carbocycles. The third-order valence-corrected chi connectivity index (χ3v) is 5.51. The number of carbonyl (C=O) groups excluding carboxylic acids is 1. The molecule has 28 heavy (non-hydrogen) atoms. The topological polar surface area (TPSA) is 56.8 Å². The molecule has 2 aromatic rings. The number of anilines is 3. The van der Waals surface area contributed by atoms with E-state index in [9.17, 15) is 4.79 Å². The molecule has 2 aliphatic heterocycles. The second kappa shape index (κ2) is 8.52. The van der Waals surface area contributed by atoms with E-state index >= 15 is 0 Å². The summed E-state index contributed by atoms with van der Waals surface area (Å²) in [7, 11) is 1.73. The van der Waals surface area contributed by atoms with E-state index in [1.54, 1.807) is 7.11 Å². The van der Waals surface area contributed by atoms with Gasteiger partial charge in [-0.25, -0.2) is 0 Å². The zero-order valence-corrected chi connectivity index (χ0v) is 16.4. The number of para-hydroxylation sites is 2. The third kappa shape index (κ3) is 4.22. The summed E-state index contributed by atoms with van der Waals surface area (Å²) in [6.45, 7) is 6.24. The fraction of sp³-hybridized carbons (Fsp3) is 0.409. The van der Waals surface area contributed by atoms with Gasteiger partial charge in [0.1, 0.15) is 5.75 Å². The highest BCUT2D eigenvalue weighted by Crippen LogP contribution is 2.28. The molecule has 4 rings (SSSR count). The zero-order chi connectivity index (χ0) is 19.3. The van der Waals surface area contributed by atoms with Crippen LogP contribution in [0.2, 0.25) is 0 Å². The molecule has 0 unspecified atom stereocenters. The van der Waals surface area contributed by atoms with E-state index in [1.807, 2.05) is 24.3 Å². The van der Waals surface area contributed by atoms with Crippen molar-refractivity contribution < 1.29 is 9.53 Å². The van der Waals surface area contributed by atoms with Crippen LogP contribution in [0, 0.1) is 0 Å². The number of fused-ring (bicyclic) bond motifs is 1. The molecule has 0 spiro atoms. The monoisotopic (exact) mass is 380 g/mol. The largest absolute Gasteiger partial charge is 0.495 e. The fourth-order valence-corrected chi connectivity index (χ4v) is 3.98. The zero-order valence-electron chi connectivity index (χ0n) is 16.4. The number of hydrogen-bond donors (Lipinski definition) is 2. The highest BCUT2D eigenvalue weighted by molar-refractivity contribution is 5.99. The van der Waals surface area contributed by atoms with Gasteiger partial charge in [0, 0.05) is 44.1 Å². The number of rotatable bonds is 7. The van der Waals surface area contributed by atoms with Crippen molar-refractivity contribution in [3.8, 4) is 5.75 Å². The predicted molar refractivity (Wildman–Crippen MR) is 114 cm³/mol. The summed E-state index contributed by atoms with van der Waals surface area (Å²) < 4.78 is 5.49. The van der Waals surface area contributed by atoms with Crippen LogP contribution in [0.25, 0.3) is 0 Å². The van der Waals surface area contributed by atoms with E-state index < -0.39 is 0 Å². The van der Waals surface area contributed by atoms with Gasteiger partial charge in [0.25, 0.3) is 0 Å². The normalized spacial score (nSPS) is 16.6. The van der Waals surface area contributed by atoms with E-state index in [0.29, 0.717) is 6.42 Å². The van der Waals surface area contributed by atoms with Crippen molar-refractivity contribution in [3.63, 3.8) is 0 Å². The van der Waals surface area contributed by atoms with Crippen molar-refractivity contribution in [3.05, 3.63) is 48.0 Å². The number of hydrogen-bond acceptors (Lipinski definition) is 5. The molecule has 2 N–H and O–H groups in total. The van der Waals surface area contributed by atoms with E-state index in [-0.39, 0.29) is 5.91 Å². The Morgan fingerprint density at radius 1 is 1.11 bits per heavy atom. The Bertz CT molecular complexity index is 831. The van der Waals surface area contributed by atoms with Crippen LogP contribution in [0.5, 0.6) is 5.75 Å². The van der Waals surface area contributed by atoms with Crippen molar-refractivity contribution in [2.45, 2.75) is 12.8 Å². The lowest BCUT2D eigenvalue weighted by atomic mass is 10.1. The molecule has 2 heterocycles. The van der Waals surface area contributed by atoms with E-state index in [1.165, 1.54) is 5.69 Å². The highest BCUT2D eigenvalue weighted by atomic mass is 16.5. The van der Waals surface area contributed by atoms with Gasteiger partial charge in [-0.3, -0.25) is 9.69 Å².